The second-order valence-corrected chi connectivity index (χ2v) is 5.99. The third-order valence-corrected chi connectivity index (χ3v) is 4.21. The molecule has 1 amide bonds. The zero-order chi connectivity index (χ0) is 17.1. The summed E-state index contributed by atoms with van der Waals surface area (Å²) in [5.74, 6) is 2.24. The summed E-state index contributed by atoms with van der Waals surface area (Å²) in [6, 6.07) is 8.95. The number of carbonyl (C=O) groups excluding carboxylic acids is 1. The quantitative estimate of drug-likeness (QED) is 0.799. The van der Waals surface area contributed by atoms with Crippen LogP contribution in [0.3, 0.4) is 0 Å². The van der Waals surface area contributed by atoms with Crippen molar-refractivity contribution in [3.05, 3.63) is 46.9 Å². The third kappa shape index (κ3) is 3.59. The smallest absolute Gasteiger partial charge is 0.253 e. The van der Waals surface area contributed by atoms with Gasteiger partial charge in [-0.05, 0) is 31.2 Å². The van der Waals surface area contributed by atoms with E-state index >= 15 is 0 Å². The molecular weight excluding hydrogens is 328 g/mol. The molecule has 2 aromatic rings. The van der Waals surface area contributed by atoms with Gasteiger partial charge in [0, 0.05) is 37.8 Å². The minimum absolute atomic E-state index is 0.0363. The van der Waals surface area contributed by atoms with E-state index in [-0.39, 0.29) is 5.91 Å². The first-order valence-corrected chi connectivity index (χ1v) is 8.14. The van der Waals surface area contributed by atoms with Crippen LogP contribution in [0, 0.1) is 6.92 Å². The van der Waals surface area contributed by atoms with Gasteiger partial charge in [-0.3, -0.25) is 4.79 Å². The first-order valence-electron chi connectivity index (χ1n) is 7.76. The summed E-state index contributed by atoms with van der Waals surface area (Å²) in [5.41, 5.74) is 0.671. The van der Waals surface area contributed by atoms with E-state index in [0.29, 0.717) is 42.7 Å². The van der Waals surface area contributed by atoms with Crippen LogP contribution in [0.15, 0.2) is 30.3 Å². The molecule has 0 atom stereocenters. The van der Waals surface area contributed by atoms with Crippen LogP contribution in [0.5, 0.6) is 5.75 Å². The summed E-state index contributed by atoms with van der Waals surface area (Å²) in [7, 11) is 1.61. The zero-order valence-electron chi connectivity index (χ0n) is 13.7. The van der Waals surface area contributed by atoms with E-state index in [1.807, 2.05) is 11.8 Å². The average Bonchev–Trinajstić information content (AvgIpc) is 2.60. The highest BCUT2D eigenvalue weighted by molar-refractivity contribution is 6.29. The number of halogens is 1. The van der Waals surface area contributed by atoms with Crippen LogP contribution in [0.2, 0.25) is 5.15 Å². The van der Waals surface area contributed by atoms with Crippen LogP contribution in [-0.2, 0) is 0 Å². The molecule has 0 saturated carbocycles. The molecule has 1 aliphatic rings. The molecule has 0 bridgehead atoms. The fourth-order valence-electron chi connectivity index (χ4n) is 2.73. The Morgan fingerprint density at radius 2 is 1.79 bits per heavy atom. The van der Waals surface area contributed by atoms with Crippen LogP contribution >= 0.6 is 11.6 Å². The van der Waals surface area contributed by atoms with Crippen molar-refractivity contribution in [3.63, 3.8) is 0 Å². The lowest BCUT2D eigenvalue weighted by atomic mass is 10.1. The van der Waals surface area contributed by atoms with E-state index in [0.717, 1.165) is 11.6 Å². The van der Waals surface area contributed by atoms with Crippen molar-refractivity contribution in [2.24, 2.45) is 0 Å². The van der Waals surface area contributed by atoms with E-state index in [2.05, 4.69) is 14.9 Å². The van der Waals surface area contributed by atoms with Crippen LogP contribution < -0.4 is 9.64 Å². The molecule has 1 aromatic heterocycles. The van der Waals surface area contributed by atoms with E-state index in [1.54, 1.807) is 37.4 Å². The summed E-state index contributed by atoms with van der Waals surface area (Å²) in [5, 5.41) is 0.439. The van der Waals surface area contributed by atoms with Gasteiger partial charge in [0.15, 0.2) is 0 Å². The molecule has 6 nitrogen and oxygen atoms in total. The molecule has 7 heteroatoms. The van der Waals surface area contributed by atoms with E-state index in [4.69, 9.17) is 16.3 Å². The Balaban J connectivity index is 1.64. The van der Waals surface area contributed by atoms with Gasteiger partial charge in [-0.1, -0.05) is 11.6 Å². The minimum atomic E-state index is 0.0363. The van der Waals surface area contributed by atoms with Gasteiger partial charge in [0.05, 0.1) is 7.11 Å². The fourth-order valence-corrected chi connectivity index (χ4v) is 2.95. The summed E-state index contributed by atoms with van der Waals surface area (Å²) < 4.78 is 5.12. The van der Waals surface area contributed by atoms with E-state index in [1.165, 1.54) is 0 Å². The predicted octanol–water partition coefficient (Wildman–Crippen LogP) is 2.41. The molecular formula is C17H19ClN4O2. The topological polar surface area (TPSA) is 58.6 Å². The van der Waals surface area contributed by atoms with Gasteiger partial charge in [-0.2, -0.15) is 0 Å². The zero-order valence-corrected chi connectivity index (χ0v) is 14.5. The number of rotatable bonds is 3. The lowest BCUT2D eigenvalue weighted by molar-refractivity contribution is 0.0746. The number of hydrogen-bond acceptors (Lipinski definition) is 5. The van der Waals surface area contributed by atoms with Crippen LogP contribution in [0.1, 0.15) is 16.2 Å². The number of benzene rings is 1. The summed E-state index contributed by atoms with van der Waals surface area (Å²) in [6.07, 6.45) is 0. The number of piperazine rings is 1. The minimum Gasteiger partial charge on any atom is -0.497 e. The van der Waals surface area contributed by atoms with E-state index < -0.39 is 0 Å². The highest BCUT2D eigenvalue weighted by Crippen LogP contribution is 2.19. The summed E-state index contributed by atoms with van der Waals surface area (Å²) >= 11 is 6.00. The second-order valence-electron chi connectivity index (χ2n) is 5.60. The standard InChI is InChI=1S/C17H19ClN4O2/c1-12-19-15(18)11-16(20-12)21-7-9-22(10-8-21)17(23)13-3-5-14(24-2)6-4-13/h3-6,11H,7-10H2,1-2H3. The van der Waals surface area contributed by atoms with Gasteiger partial charge in [0.2, 0.25) is 0 Å². The number of ether oxygens (including phenoxy) is 1. The monoisotopic (exact) mass is 346 g/mol. The molecule has 126 valence electrons. The molecule has 0 unspecified atom stereocenters. The molecule has 0 spiro atoms. The van der Waals surface area contributed by atoms with Gasteiger partial charge in [-0.15, -0.1) is 0 Å². The third-order valence-electron chi connectivity index (χ3n) is 4.02. The lowest BCUT2D eigenvalue weighted by Crippen LogP contribution is -2.49. The largest absolute Gasteiger partial charge is 0.497 e. The second kappa shape index (κ2) is 7.05. The molecule has 2 heterocycles. The number of aryl methyl sites for hydroxylation is 1. The molecule has 0 N–H and O–H groups in total. The Morgan fingerprint density at radius 3 is 2.38 bits per heavy atom. The van der Waals surface area contributed by atoms with Gasteiger partial charge in [0.1, 0.15) is 22.5 Å². The maximum atomic E-state index is 12.6. The number of methoxy groups -OCH3 is 1. The van der Waals surface area contributed by atoms with Gasteiger partial charge in [-0.25, -0.2) is 9.97 Å². The first-order chi connectivity index (χ1) is 11.6. The Morgan fingerprint density at radius 1 is 1.12 bits per heavy atom. The summed E-state index contributed by atoms with van der Waals surface area (Å²) in [4.78, 5) is 25.0. The van der Waals surface area contributed by atoms with Crippen LogP contribution in [-0.4, -0.2) is 54.1 Å². The Hall–Kier alpha value is -2.34. The van der Waals surface area contributed by atoms with Gasteiger partial charge < -0.3 is 14.5 Å². The number of carbonyl (C=O) groups is 1. The molecule has 1 aromatic carbocycles. The van der Waals surface area contributed by atoms with Crippen molar-refractivity contribution in [3.8, 4) is 5.75 Å². The number of amides is 1. The van der Waals surface area contributed by atoms with Gasteiger partial charge in [0.25, 0.3) is 5.91 Å². The highest BCUT2D eigenvalue weighted by Gasteiger charge is 2.23. The Labute approximate surface area is 146 Å². The molecule has 0 radical (unpaired) electrons. The molecule has 3 rings (SSSR count). The normalized spacial score (nSPS) is 14.6. The maximum Gasteiger partial charge on any atom is 0.253 e. The van der Waals surface area contributed by atoms with Crippen molar-refractivity contribution in [2.45, 2.75) is 6.92 Å². The van der Waals surface area contributed by atoms with Crippen molar-refractivity contribution < 1.29 is 9.53 Å². The van der Waals surface area contributed by atoms with Crippen molar-refractivity contribution >= 4 is 23.3 Å². The lowest BCUT2D eigenvalue weighted by Gasteiger charge is -2.35. The van der Waals surface area contributed by atoms with Crippen LogP contribution in [0.4, 0.5) is 5.82 Å². The number of nitrogens with zero attached hydrogens (tertiary/aromatic N) is 4. The molecule has 1 saturated heterocycles. The summed E-state index contributed by atoms with van der Waals surface area (Å²) in [6.45, 7) is 4.54. The van der Waals surface area contributed by atoms with Crippen molar-refractivity contribution in [1.82, 2.24) is 14.9 Å². The van der Waals surface area contributed by atoms with Crippen LogP contribution in [0.25, 0.3) is 0 Å². The predicted molar refractivity (Wildman–Crippen MR) is 92.9 cm³/mol. The SMILES string of the molecule is COc1ccc(C(=O)N2CCN(c3cc(Cl)nc(C)n3)CC2)cc1. The maximum absolute atomic E-state index is 12.6. The molecule has 1 aliphatic heterocycles. The molecule has 24 heavy (non-hydrogen) atoms. The highest BCUT2D eigenvalue weighted by atomic mass is 35.5. The molecule has 0 aliphatic carbocycles. The first kappa shape index (κ1) is 16.5. The van der Waals surface area contributed by atoms with E-state index in [9.17, 15) is 4.79 Å². The Bertz CT molecular complexity index is 708. The average molecular weight is 347 g/mol. The van der Waals surface area contributed by atoms with Gasteiger partial charge >= 0.3 is 0 Å². The number of hydrogen-bond donors (Lipinski definition) is 0. The Kier molecular flexibility index (Phi) is 4.85. The van der Waals surface area contributed by atoms with Crippen molar-refractivity contribution in [2.75, 3.05) is 38.2 Å². The fraction of sp³-hybridized carbons (Fsp3) is 0.353. The number of aromatic nitrogens is 2. The molecule has 1 fully saturated rings. The number of anilines is 1. The van der Waals surface area contributed by atoms with Crippen molar-refractivity contribution in [1.29, 1.82) is 0 Å².